The molecule has 0 aliphatic heterocycles. The van der Waals surface area contributed by atoms with Crippen LogP contribution >= 0.6 is 7.60 Å². The van der Waals surface area contributed by atoms with Crippen LogP contribution in [0.2, 0.25) is 0 Å². The van der Waals surface area contributed by atoms with Gasteiger partial charge in [0, 0.05) is 0 Å². The van der Waals surface area contributed by atoms with E-state index in [-0.39, 0.29) is 6.42 Å². The maximum atomic E-state index is 10.4. The second-order valence-corrected chi connectivity index (χ2v) is 3.93. The molecular formula is C4H13N2O3P. The molecule has 0 aliphatic carbocycles. The number of rotatable bonds is 4. The van der Waals surface area contributed by atoms with E-state index in [9.17, 15) is 4.57 Å². The van der Waals surface area contributed by atoms with Gasteiger partial charge in [0.2, 0.25) is 0 Å². The molecule has 5 nitrogen and oxygen atoms in total. The van der Waals surface area contributed by atoms with Crippen molar-refractivity contribution in [2.24, 2.45) is 11.5 Å². The van der Waals surface area contributed by atoms with E-state index in [0.717, 1.165) is 0 Å². The van der Waals surface area contributed by atoms with E-state index in [4.69, 9.17) is 21.3 Å². The van der Waals surface area contributed by atoms with E-state index in [0.29, 0.717) is 13.0 Å². The first-order valence-corrected chi connectivity index (χ1v) is 4.67. The second-order valence-electron chi connectivity index (χ2n) is 2.09. The zero-order valence-electron chi connectivity index (χ0n) is 5.60. The monoisotopic (exact) mass is 168 g/mol. The van der Waals surface area contributed by atoms with Gasteiger partial charge in [0.25, 0.3) is 0 Å². The topological polar surface area (TPSA) is 110 Å². The predicted molar refractivity (Wildman–Crippen MR) is 38.3 cm³/mol. The van der Waals surface area contributed by atoms with Crippen LogP contribution in [-0.2, 0) is 4.57 Å². The summed E-state index contributed by atoms with van der Waals surface area (Å²) >= 11 is 0. The molecule has 0 radical (unpaired) electrons. The Bertz CT molecular complexity index is 134. The first-order valence-electron chi connectivity index (χ1n) is 2.99. The standard InChI is InChI=1S/C4H13N2O3P/c5-3-1-2-4(6)10(7,8)9/h4H,1-3,5-6H2,(H2,7,8,9)/t4-/m1/s1. The van der Waals surface area contributed by atoms with Crippen LogP contribution in [0.25, 0.3) is 0 Å². The Labute approximate surface area is 59.6 Å². The van der Waals surface area contributed by atoms with Gasteiger partial charge in [0.05, 0.1) is 0 Å². The number of nitrogens with two attached hydrogens (primary N) is 2. The quantitative estimate of drug-likeness (QED) is 0.410. The molecule has 0 aromatic rings. The zero-order chi connectivity index (χ0) is 8.20. The van der Waals surface area contributed by atoms with Gasteiger partial charge in [0.15, 0.2) is 0 Å². The third-order valence-corrected chi connectivity index (χ3v) is 2.26. The average molecular weight is 168 g/mol. The molecule has 0 bridgehead atoms. The largest absolute Gasteiger partial charge is 0.342 e. The molecule has 0 saturated heterocycles. The highest BCUT2D eigenvalue weighted by Gasteiger charge is 2.23. The molecule has 10 heavy (non-hydrogen) atoms. The normalized spacial score (nSPS) is 15.2. The van der Waals surface area contributed by atoms with Crippen LogP contribution in [0.5, 0.6) is 0 Å². The van der Waals surface area contributed by atoms with Crippen molar-refractivity contribution in [1.29, 1.82) is 0 Å². The van der Waals surface area contributed by atoms with Crippen molar-refractivity contribution in [1.82, 2.24) is 0 Å². The van der Waals surface area contributed by atoms with Gasteiger partial charge in [-0.05, 0) is 19.4 Å². The summed E-state index contributed by atoms with van der Waals surface area (Å²) in [6.07, 6.45) is 0.826. The van der Waals surface area contributed by atoms with Crippen LogP contribution in [0, 0.1) is 0 Å². The van der Waals surface area contributed by atoms with Gasteiger partial charge >= 0.3 is 7.60 Å². The van der Waals surface area contributed by atoms with Crippen LogP contribution in [0.3, 0.4) is 0 Å². The van der Waals surface area contributed by atoms with Crippen LogP contribution in [-0.4, -0.2) is 22.1 Å². The van der Waals surface area contributed by atoms with E-state index >= 15 is 0 Å². The van der Waals surface area contributed by atoms with Crippen LogP contribution in [0.1, 0.15) is 12.8 Å². The van der Waals surface area contributed by atoms with E-state index in [1.807, 2.05) is 0 Å². The van der Waals surface area contributed by atoms with Crippen molar-refractivity contribution in [3.05, 3.63) is 0 Å². The fraction of sp³-hybridized carbons (Fsp3) is 1.00. The van der Waals surface area contributed by atoms with Crippen LogP contribution in [0.4, 0.5) is 0 Å². The van der Waals surface area contributed by atoms with Crippen LogP contribution < -0.4 is 11.5 Å². The second kappa shape index (κ2) is 4.05. The third kappa shape index (κ3) is 3.98. The van der Waals surface area contributed by atoms with E-state index < -0.39 is 13.4 Å². The minimum atomic E-state index is -4.06. The molecule has 1 atom stereocenters. The van der Waals surface area contributed by atoms with Crippen molar-refractivity contribution < 1.29 is 14.4 Å². The molecule has 6 heteroatoms. The van der Waals surface area contributed by atoms with Crippen molar-refractivity contribution in [3.63, 3.8) is 0 Å². The van der Waals surface area contributed by atoms with Gasteiger partial charge in [-0.2, -0.15) is 0 Å². The summed E-state index contributed by atoms with van der Waals surface area (Å²) in [5, 5.41) is 0. The Hall–Kier alpha value is 0.0700. The lowest BCUT2D eigenvalue weighted by atomic mass is 10.3. The maximum absolute atomic E-state index is 10.4. The molecular weight excluding hydrogens is 155 g/mol. The molecule has 0 unspecified atom stereocenters. The van der Waals surface area contributed by atoms with E-state index in [1.165, 1.54) is 0 Å². The Morgan fingerprint density at radius 2 is 2.00 bits per heavy atom. The van der Waals surface area contributed by atoms with Crippen molar-refractivity contribution >= 4 is 7.60 Å². The molecule has 0 fully saturated rings. The minimum absolute atomic E-state index is 0.279. The van der Waals surface area contributed by atoms with E-state index in [2.05, 4.69) is 0 Å². The summed E-state index contributed by atoms with van der Waals surface area (Å²) in [7, 11) is -4.06. The molecule has 0 rings (SSSR count). The van der Waals surface area contributed by atoms with Crippen molar-refractivity contribution in [3.8, 4) is 0 Å². The van der Waals surface area contributed by atoms with Crippen molar-refractivity contribution in [2.75, 3.05) is 6.54 Å². The van der Waals surface area contributed by atoms with Gasteiger partial charge in [-0.15, -0.1) is 0 Å². The summed E-state index contributed by atoms with van der Waals surface area (Å²) in [6, 6.07) is 0. The summed E-state index contributed by atoms with van der Waals surface area (Å²) < 4.78 is 10.4. The summed E-state index contributed by atoms with van der Waals surface area (Å²) in [5.74, 6) is -1.05. The first kappa shape index (κ1) is 10.1. The fourth-order valence-corrected chi connectivity index (χ4v) is 1.01. The minimum Gasteiger partial charge on any atom is -0.330 e. The first-order chi connectivity index (χ1) is 4.48. The third-order valence-electron chi connectivity index (χ3n) is 1.14. The number of hydrogen-bond acceptors (Lipinski definition) is 3. The molecule has 6 N–H and O–H groups in total. The lowest BCUT2D eigenvalue weighted by Crippen LogP contribution is -2.20. The molecule has 0 heterocycles. The Morgan fingerprint density at radius 3 is 2.30 bits per heavy atom. The van der Waals surface area contributed by atoms with E-state index in [1.54, 1.807) is 0 Å². The van der Waals surface area contributed by atoms with Gasteiger partial charge in [-0.3, -0.25) is 4.57 Å². The highest BCUT2D eigenvalue weighted by molar-refractivity contribution is 7.52. The number of hydrogen-bond donors (Lipinski definition) is 4. The highest BCUT2D eigenvalue weighted by Crippen LogP contribution is 2.39. The van der Waals surface area contributed by atoms with Gasteiger partial charge < -0.3 is 21.3 Å². The summed E-state index contributed by atoms with van der Waals surface area (Å²) in [4.78, 5) is 16.9. The smallest absolute Gasteiger partial charge is 0.330 e. The molecule has 0 aliphatic rings. The molecule has 0 aromatic heterocycles. The van der Waals surface area contributed by atoms with Crippen molar-refractivity contribution in [2.45, 2.75) is 18.6 Å². The SMILES string of the molecule is NCCC[C@H](N)P(=O)(O)O. The van der Waals surface area contributed by atoms with Crippen LogP contribution in [0.15, 0.2) is 0 Å². The maximum Gasteiger partial charge on any atom is 0.342 e. The van der Waals surface area contributed by atoms with Gasteiger partial charge in [0.1, 0.15) is 5.78 Å². The summed E-state index contributed by atoms with van der Waals surface area (Å²) in [6.45, 7) is 0.410. The highest BCUT2D eigenvalue weighted by atomic mass is 31.2. The molecule has 0 aromatic carbocycles. The van der Waals surface area contributed by atoms with Gasteiger partial charge in [-0.25, -0.2) is 0 Å². The predicted octanol–water partition coefficient (Wildman–Crippen LogP) is -0.812. The average Bonchev–Trinajstić information content (AvgIpc) is 1.80. The summed E-state index contributed by atoms with van der Waals surface area (Å²) in [5.41, 5.74) is 10.2. The zero-order valence-corrected chi connectivity index (χ0v) is 6.50. The Kier molecular flexibility index (Phi) is 4.08. The fourth-order valence-electron chi connectivity index (χ4n) is 0.495. The molecule has 0 saturated carbocycles. The van der Waals surface area contributed by atoms with Gasteiger partial charge in [-0.1, -0.05) is 0 Å². The Morgan fingerprint density at radius 1 is 1.50 bits per heavy atom. The molecule has 0 amide bonds. The lowest BCUT2D eigenvalue weighted by molar-refractivity contribution is 0.354. The lowest BCUT2D eigenvalue weighted by Gasteiger charge is -2.11. The Balaban J connectivity index is 3.63. The molecule has 0 spiro atoms. The molecule has 62 valence electrons.